The normalized spacial score (nSPS) is 22.4. The van der Waals surface area contributed by atoms with Crippen molar-refractivity contribution in [2.24, 2.45) is 5.92 Å². The van der Waals surface area contributed by atoms with Gasteiger partial charge in [-0.3, -0.25) is 10.1 Å². The van der Waals surface area contributed by atoms with Crippen LogP contribution in [0.25, 0.3) is 0 Å². The second-order valence-corrected chi connectivity index (χ2v) is 5.77. The van der Waals surface area contributed by atoms with Gasteiger partial charge in [0.25, 0.3) is 5.69 Å². The van der Waals surface area contributed by atoms with E-state index in [1.54, 1.807) is 19.1 Å². The van der Waals surface area contributed by atoms with E-state index in [0.29, 0.717) is 12.5 Å². The van der Waals surface area contributed by atoms with Crippen LogP contribution in [0.4, 0.5) is 5.69 Å². The molecule has 2 unspecified atom stereocenters. The Kier molecular flexibility index (Phi) is 4.73. The van der Waals surface area contributed by atoms with Crippen molar-refractivity contribution >= 4 is 5.69 Å². The molecule has 0 bridgehead atoms. The van der Waals surface area contributed by atoms with E-state index in [4.69, 9.17) is 0 Å². The highest BCUT2D eigenvalue weighted by atomic mass is 16.6. The monoisotopic (exact) mass is 278 g/mol. The van der Waals surface area contributed by atoms with Crippen molar-refractivity contribution in [3.8, 4) is 0 Å². The summed E-state index contributed by atoms with van der Waals surface area (Å²) in [6, 6.07) is 5.21. The van der Waals surface area contributed by atoms with Crippen molar-refractivity contribution in [2.75, 3.05) is 13.6 Å². The molecule has 0 heterocycles. The van der Waals surface area contributed by atoms with Gasteiger partial charge in [-0.05, 0) is 38.3 Å². The lowest BCUT2D eigenvalue weighted by Gasteiger charge is -2.23. The molecule has 5 heteroatoms. The molecular weight excluding hydrogens is 256 g/mol. The molecule has 1 aliphatic rings. The standard InChI is InChI=1S/C15H22N2O3/c1-11-12(5-3-7-14(11)17(19)20)9-16(2)10-13-6-4-8-15(13)18/h3,5,7,13,15,18H,4,6,8-10H2,1-2H3. The first-order valence-electron chi connectivity index (χ1n) is 7.08. The Bertz CT molecular complexity index is 490. The van der Waals surface area contributed by atoms with Gasteiger partial charge in [0.1, 0.15) is 0 Å². The SMILES string of the molecule is Cc1c(CN(C)CC2CCCC2O)cccc1[N+](=O)[O-]. The van der Waals surface area contributed by atoms with E-state index in [-0.39, 0.29) is 16.7 Å². The Balaban J connectivity index is 2.02. The van der Waals surface area contributed by atoms with Crippen LogP contribution in [0.15, 0.2) is 18.2 Å². The van der Waals surface area contributed by atoms with Crippen molar-refractivity contribution in [3.05, 3.63) is 39.4 Å². The minimum Gasteiger partial charge on any atom is -0.393 e. The van der Waals surface area contributed by atoms with Crippen molar-refractivity contribution in [1.29, 1.82) is 0 Å². The van der Waals surface area contributed by atoms with Crippen LogP contribution in [0.3, 0.4) is 0 Å². The van der Waals surface area contributed by atoms with Gasteiger partial charge >= 0.3 is 0 Å². The lowest BCUT2D eigenvalue weighted by atomic mass is 10.0. The molecular formula is C15H22N2O3. The van der Waals surface area contributed by atoms with Crippen molar-refractivity contribution in [2.45, 2.75) is 38.8 Å². The first-order chi connectivity index (χ1) is 9.49. The quantitative estimate of drug-likeness (QED) is 0.664. The summed E-state index contributed by atoms with van der Waals surface area (Å²) in [6.07, 6.45) is 2.87. The van der Waals surface area contributed by atoms with Crippen LogP contribution < -0.4 is 0 Å². The molecule has 5 nitrogen and oxygen atoms in total. The second-order valence-electron chi connectivity index (χ2n) is 5.77. The van der Waals surface area contributed by atoms with Gasteiger partial charge in [-0.15, -0.1) is 0 Å². The van der Waals surface area contributed by atoms with Gasteiger partial charge in [-0.25, -0.2) is 0 Å². The molecule has 0 spiro atoms. The number of aliphatic hydroxyl groups excluding tert-OH is 1. The Morgan fingerprint density at radius 2 is 2.20 bits per heavy atom. The highest BCUT2D eigenvalue weighted by Gasteiger charge is 2.26. The van der Waals surface area contributed by atoms with Gasteiger partial charge < -0.3 is 10.0 Å². The maximum atomic E-state index is 10.9. The Morgan fingerprint density at radius 1 is 1.45 bits per heavy atom. The van der Waals surface area contributed by atoms with Crippen molar-refractivity contribution in [1.82, 2.24) is 4.90 Å². The number of nitrogens with zero attached hydrogens (tertiary/aromatic N) is 2. The topological polar surface area (TPSA) is 66.6 Å². The van der Waals surface area contributed by atoms with Crippen LogP contribution in [-0.2, 0) is 6.54 Å². The molecule has 0 amide bonds. The molecule has 2 rings (SSSR count). The molecule has 2 atom stereocenters. The predicted molar refractivity (Wildman–Crippen MR) is 77.5 cm³/mol. The first-order valence-corrected chi connectivity index (χ1v) is 7.08. The van der Waals surface area contributed by atoms with Crippen LogP contribution in [-0.4, -0.2) is 34.6 Å². The molecule has 0 saturated heterocycles. The molecule has 0 aliphatic heterocycles. The molecule has 0 radical (unpaired) electrons. The zero-order chi connectivity index (χ0) is 14.7. The minimum absolute atomic E-state index is 0.178. The number of aliphatic hydroxyl groups is 1. The molecule has 0 aromatic heterocycles. The largest absolute Gasteiger partial charge is 0.393 e. The summed E-state index contributed by atoms with van der Waals surface area (Å²) < 4.78 is 0. The zero-order valence-electron chi connectivity index (χ0n) is 12.1. The van der Waals surface area contributed by atoms with Crippen LogP contribution in [0.1, 0.15) is 30.4 Å². The Labute approximate surface area is 119 Å². The second kappa shape index (κ2) is 6.33. The summed E-state index contributed by atoms with van der Waals surface area (Å²) in [5.41, 5.74) is 1.89. The molecule has 20 heavy (non-hydrogen) atoms. The summed E-state index contributed by atoms with van der Waals surface area (Å²) >= 11 is 0. The van der Waals surface area contributed by atoms with Crippen LogP contribution in [0.2, 0.25) is 0 Å². The van der Waals surface area contributed by atoms with E-state index in [0.717, 1.165) is 36.9 Å². The molecule has 110 valence electrons. The minimum atomic E-state index is -0.334. The number of hydrogen-bond donors (Lipinski definition) is 1. The fourth-order valence-electron chi connectivity index (χ4n) is 3.02. The number of nitro groups is 1. The van der Waals surface area contributed by atoms with E-state index in [1.165, 1.54) is 0 Å². The van der Waals surface area contributed by atoms with Gasteiger partial charge in [0.05, 0.1) is 11.0 Å². The highest BCUT2D eigenvalue weighted by Crippen LogP contribution is 2.27. The maximum Gasteiger partial charge on any atom is 0.272 e. The van der Waals surface area contributed by atoms with Crippen LogP contribution >= 0.6 is 0 Å². The van der Waals surface area contributed by atoms with Gasteiger partial charge in [0.15, 0.2) is 0 Å². The Hall–Kier alpha value is -1.46. The summed E-state index contributed by atoms with van der Waals surface area (Å²) in [6.45, 7) is 3.31. The van der Waals surface area contributed by atoms with Crippen molar-refractivity contribution < 1.29 is 10.0 Å². The third-order valence-corrected chi connectivity index (χ3v) is 4.22. The average molecular weight is 278 g/mol. The third kappa shape index (κ3) is 3.35. The van der Waals surface area contributed by atoms with Crippen LogP contribution in [0.5, 0.6) is 0 Å². The van der Waals surface area contributed by atoms with E-state index in [9.17, 15) is 15.2 Å². The lowest BCUT2D eigenvalue weighted by molar-refractivity contribution is -0.385. The third-order valence-electron chi connectivity index (χ3n) is 4.22. The number of benzene rings is 1. The summed E-state index contributed by atoms with van der Waals surface area (Å²) in [5, 5.41) is 20.8. The van der Waals surface area contributed by atoms with E-state index in [1.807, 2.05) is 13.1 Å². The van der Waals surface area contributed by atoms with E-state index >= 15 is 0 Å². The summed E-state index contributed by atoms with van der Waals surface area (Å²) in [5.74, 6) is 0.332. The fraction of sp³-hybridized carbons (Fsp3) is 0.600. The summed E-state index contributed by atoms with van der Waals surface area (Å²) in [4.78, 5) is 12.8. The van der Waals surface area contributed by atoms with E-state index < -0.39 is 0 Å². The van der Waals surface area contributed by atoms with Gasteiger partial charge in [-0.2, -0.15) is 0 Å². The Morgan fingerprint density at radius 3 is 2.80 bits per heavy atom. The fourth-order valence-corrected chi connectivity index (χ4v) is 3.02. The summed E-state index contributed by atoms with van der Waals surface area (Å²) in [7, 11) is 2.00. The number of nitro benzene ring substituents is 1. The molecule has 1 aromatic rings. The molecule has 1 aromatic carbocycles. The van der Waals surface area contributed by atoms with Crippen molar-refractivity contribution in [3.63, 3.8) is 0 Å². The van der Waals surface area contributed by atoms with Gasteiger partial charge in [-0.1, -0.05) is 18.6 Å². The van der Waals surface area contributed by atoms with Crippen LogP contribution in [0, 0.1) is 23.0 Å². The maximum absolute atomic E-state index is 10.9. The molecule has 1 fully saturated rings. The molecule has 1 N–H and O–H groups in total. The molecule has 1 aliphatic carbocycles. The first kappa shape index (κ1) is 14.9. The van der Waals surface area contributed by atoms with Gasteiger partial charge in [0, 0.05) is 24.7 Å². The lowest BCUT2D eigenvalue weighted by Crippen LogP contribution is -2.29. The predicted octanol–water partition coefficient (Wildman–Crippen LogP) is 2.50. The number of rotatable bonds is 5. The van der Waals surface area contributed by atoms with Gasteiger partial charge in [0.2, 0.25) is 0 Å². The molecule has 1 saturated carbocycles. The number of hydrogen-bond acceptors (Lipinski definition) is 4. The highest BCUT2D eigenvalue weighted by molar-refractivity contribution is 5.44. The smallest absolute Gasteiger partial charge is 0.272 e. The van der Waals surface area contributed by atoms with E-state index in [2.05, 4.69) is 4.90 Å². The zero-order valence-corrected chi connectivity index (χ0v) is 12.1. The average Bonchev–Trinajstić information content (AvgIpc) is 2.77.